The van der Waals surface area contributed by atoms with Crippen LogP contribution in [0.5, 0.6) is 0 Å². The molecule has 0 bridgehead atoms. The summed E-state index contributed by atoms with van der Waals surface area (Å²) in [5.74, 6) is -1.40. The van der Waals surface area contributed by atoms with Crippen molar-refractivity contribution in [2.24, 2.45) is 0 Å². The van der Waals surface area contributed by atoms with Crippen molar-refractivity contribution in [1.82, 2.24) is 5.32 Å². The summed E-state index contributed by atoms with van der Waals surface area (Å²) in [6, 6.07) is 0. The number of aliphatic carboxylic acids is 1. The summed E-state index contributed by atoms with van der Waals surface area (Å²) in [4.78, 5) is 21.3. The first-order valence-electron chi connectivity index (χ1n) is 9.30. The summed E-state index contributed by atoms with van der Waals surface area (Å²) in [6.07, 6.45) is 2.40. The van der Waals surface area contributed by atoms with Crippen molar-refractivity contribution in [3.05, 3.63) is 0 Å². The number of nitrogens with zero attached hydrogens (tertiary/aromatic N) is 1. The molecule has 0 fully saturated rings. The Morgan fingerprint density at radius 3 is 1.77 bits per heavy atom. The van der Waals surface area contributed by atoms with Gasteiger partial charge < -0.3 is 9.59 Å². The highest BCUT2D eigenvalue weighted by Crippen LogP contribution is 2.24. The van der Waals surface area contributed by atoms with Gasteiger partial charge in [-0.25, -0.2) is 0 Å². The molecule has 154 valence electrons. The number of hydrogen-bond donors (Lipinski definition) is 3. The second-order valence-corrected chi connectivity index (χ2v) is 8.38. The Hall–Kier alpha value is -1.03. The van der Waals surface area contributed by atoms with Crippen molar-refractivity contribution < 1.29 is 32.1 Å². The normalized spacial score (nSPS) is 14.8. The number of ketones is 1. The molecule has 0 aromatic heterocycles. The van der Waals surface area contributed by atoms with Gasteiger partial charge in [0.05, 0.1) is 19.6 Å². The van der Waals surface area contributed by atoms with Crippen molar-refractivity contribution in [2.75, 3.05) is 33.2 Å². The van der Waals surface area contributed by atoms with E-state index in [-0.39, 0.29) is 19.4 Å². The average molecular weight is 396 g/mol. The zero-order chi connectivity index (χ0) is 20.4. The second kappa shape index (κ2) is 11.0. The lowest BCUT2D eigenvalue weighted by Gasteiger charge is -2.42. The minimum Gasteiger partial charge on any atom is -0.481 e. The van der Waals surface area contributed by atoms with E-state index >= 15 is 0 Å². The third-order valence-corrected chi connectivity index (χ3v) is 6.85. The fourth-order valence-corrected chi connectivity index (χ4v) is 4.34. The van der Waals surface area contributed by atoms with Crippen molar-refractivity contribution in [3.8, 4) is 0 Å². The molecule has 0 aliphatic rings. The molecule has 0 aliphatic heterocycles. The summed E-state index contributed by atoms with van der Waals surface area (Å²) in [5, 5.41) is 11.2. The molecule has 0 amide bonds. The summed E-state index contributed by atoms with van der Waals surface area (Å²) in [5.41, 5.74) is 0. The molecule has 26 heavy (non-hydrogen) atoms. The lowest BCUT2D eigenvalue weighted by Crippen LogP contribution is -2.67. The third kappa shape index (κ3) is 6.61. The number of hydrogen-bond acceptors (Lipinski definition) is 5. The number of quaternary nitrogens is 1. The van der Waals surface area contributed by atoms with Gasteiger partial charge in [0.15, 0.2) is 5.78 Å². The van der Waals surface area contributed by atoms with E-state index in [0.29, 0.717) is 49.8 Å². The standard InChI is InChI=1S/C17H34N2O6S/c1-5-19(6-2,7-3)14-17(18-4,26(23,24)25)15(20)12-10-8-9-11-13-16(21)22/h18H,5-14H2,1-4H3,(H-,21,22,23,24,25)/p+1. The summed E-state index contributed by atoms with van der Waals surface area (Å²) in [6.45, 7) is 7.72. The van der Waals surface area contributed by atoms with E-state index in [1.165, 1.54) is 7.05 Å². The fraction of sp³-hybridized carbons (Fsp3) is 0.882. The Kier molecular flexibility index (Phi) is 10.5. The fourth-order valence-electron chi connectivity index (χ4n) is 3.26. The molecule has 1 unspecified atom stereocenters. The van der Waals surface area contributed by atoms with Gasteiger partial charge in [-0.3, -0.25) is 19.5 Å². The van der Waals surface area contributed by atoms with Gasteiger partial charge in [-0.05, 0) is 40.7 Å². The molecule has 9 heteroatoms. The molecule has 0 spiro atoms. The lowest BCUT2D eigenvalue weighted by molar-refractivity contribution is -0.924. The number of nitrogens with one attached hydrogen (secondary N) is 1. The number of carboxylic acid groups (broad SMARTS) is 1. The molecule has 8 nitrogen and oxygen atoms in total. The van der Waals surface area contributed by atoms with Crippen molar-refractivity contribution in [1.29, 1.82) is 0 Å². The first-order valence-corrected chi connectivity index (χ1v) is 10.7. The topological polar surface area (TPSA) is 121 Å². The molecule has 0 aromatic carbocycles. The molecule has 3 N–H and O–H groups in total. The number of likely N-dealkylation sites (N-methyl/N-ethyl adjacent to an activating group) is 2. The highest BCUT2D eigenvalue weighted by Gasteiger charge is 2.53. The van der Waals surface area contributed by atoms with E-state index in [9.17, 15) is 22.6 Å². The number of carbonyl (C=O) groups is 2. The van der Waals surface area contributed by atoms with Crippen LogP contribution < -0.4 is 5.32 Å². The Balaban J connectivity index is 5.20. The quantitative estimate of drug-likeness (QED) is 0.219. The molecule has 0 heterocycles. The van der Waals surface area contributed by atoms with E-state index < -0.39 is 26.7 Å². The molecule has 0 aromatic rings. The van der Waals surface area contributed by atoms with E-state index in [1.54, 1.807) is 0 Å². The van der Waals surface area contributed by atoms with Gasteiger partial charge in [-0.15, -0.1) is 0 Å². The van der Waals surface area contributed by atoms with Gasteiger partial charge in [-0.2, -0.15) is 8.42 Å². The predicted octanol–water partition coefficient (Wildman–Crippen LogP) is 1.66. The largest absolute Gasteiger partial charge is 0.481 e. The summed E-state index contributed by atoms with van der Waals surface area (Å²) in [7, 11) is -3.27. The Morgan fingerprint density at radius 2 is 1.42 bits per heavy atom. The van der Waals surface area contributed by atoms with Crippen molar-refractivity contribution in [2.45, 2.75) is 64.2 Å². The Labute approximate surface area is 157 Å². The van der Waals surface area contributed by atoms with Crippen LogP contribution in [0.2, 0.25) is 0 Å². The number of unbranched alkanes of at least 4 members (excludes halogenated alkanes) is 3. The van der Waals surface area contributed by atoms with Crippen molar-refractivity contribution >= 4 is 21.9 Å². The first-order chi connectivity index (χ1) is 12.0. The van der Waals surface area contributed by atoms with Gasteiger partial charge in [0.1, 0.15) is 6.54 Å². The first kappa shape index (κ1) is 25.0. The van der Waals surface area contributed by atoms with Crippen LogP contribution in [0.15, 0.2) is 0 Å². The minimum absolute atomic E-state index is 0.0187. The van der Waals surface area contributed by atoms with Gasteiger partial charge in [0, 0.05) is 12.8 Å². The molecule has 1 atom stereocenters. The average Bonchev–Trinajstić information content (AvgIpc) is 2.58. The number of carboxylic acids is 1. The molecule has 0 rings (SSSR count). The van der Waals surface area contributed by atoms with E-state index in [1.807, 2.05) is 20.8 Å². The molecule has 0 radical (unpaired) electrons. The van der Waals surface area contributed by atoms with Crippen LogP contribution in [-0.2, 0) is 19.7 Å². The predicted molar refractivity (Wildman–Crippen MR) is 100 cm³/mol. The second-order valence-electron chi connectivity index (χ2n) is 6.73. The van der Waals surface area contributed by atoms with Crippen LogP contribution in [0, 0.1) is 0 Å². The smallest absolute Gasteiger partial charge is 0.303 e. The summed E-state index contributed by atoms with van der Waals surface area (Å²) < 4.78 is 34.6. The van der Waals surface area contributed by atoms with Crippen LogP contribution in [0.25, 0.3) is 0 Å². The van der Waals surface area contributed by atoms with Crippen LogP contribution in [-0.4, -0.2) is 72.4 Å². The summed E-state index contributed by atoms with van der Waals surface area (Å²) >= 11 is 0. The van der Waals surface area contributed by atoms with E-state index in [2.05, 4.69) is 5.32 Å². The molecule has 0 saturated carbocycles. The van der Waals surface area contributed by atoms with E-state index in [4.69, 9.17) is 5.11 Å². The SMILES string of the molecule is CC[N+](CC)(CC)CC(NC)(C(=O)CCCCCCC(=O)O)S(=O)(=O)O. The van der Waals surface area contributed by atoms with Gasteiger partial charge in [0.2, 0.25) is 0 Å². The van der Waals surface area contributed by atoms with Crippen LogP contribution in [0.4, 0.5) is 0 Å². The number of rotatable bonds is 15. The van der Waals surface area contributed by atoms with Crippen LogP contribution >= 0.6 is 0 Å². The monoisotopic (exact) mass is 395 g/mol. The van der Waals surface area contributed by atoms with Crippen LogP contribution in [0.1, 0.15) is 59.3 Å². The minimum atomic E-state index is -4.65. The Bertz CT molecular complexity index is 551. The third-order valence-electron chi connectivity index (χ3n) is 5.41. The molecular weight excluding hydrogens is 360 g/mol. The highest BCUT2D eigenvalue weighted by molar-refractivity contribution is 7.88. The van der Waals surface area contributed by atoms with Crippen molar-refractivity contribution in [3.63, 3.8) is 0 Å². The van der Waals surface area contributed by atoms with E-state index in [0.717, 1.165) is 0 Å². The maximum atomic E-state index is 12.8. The van der Waals surface area contributed by atoms with Gasteiger partial charge in [0.25, 0.3) is 15.0 Å². The molecular formula is C17H35N2O6S+. The van der Waals surface area contributed by atoms with Gasteiger partial charge in [-0.1, -0.05) is 12.8 Å². The number of carbonyl (C=O) groups excluding carboxylic acids is 1. The highest BCUT2D eigenvalue weighted by atomic mass is 32.2. The lowest BCUT2D eigenvalue weighted by atomic mass is 10.0. The van der Waals surface area contributed by atoms with Crippen LogP contribution in [0.3, 0.4) is 0 Å². The maximum absolute atomic E-state index is 12.8. The maximum Gasteiger partial charge on any atom is 0.303 e. The Morgan fingerprint density at radius 1 is 0.962 bits per heavy atom. The zero-order valence-electron chi connectivity index (χ0n) is 16.5. The number of Topliss-reactive ketones (excluding diaryl/α,β-unsaturated/α-hetero) is 1. The molecule has 0 aliphatic carbocycles. The van der Waals surface area contributed by atoms with Gasteiger partial charge >= 0.3 is 5.97 Å². The zero-order valence-corrected chi connectivity index (χ0v) is 17.3. The molecule has 0 saturated heterocycles.